The maximum atomic E-state index is 11.0. The van der Waals surface area contributed by atoms with E-state index in [0.29, 0.717) is 12.5 Å². The van der Waals surface area contributed by atoms with E-state index in [2.05, 4.69) is 22.6 Å². The molecule has 0 saturated carbocycles. The van der Waals surface area contributed by atoms with E-state index in [1.54, 1.807) is 7.05 Å². The minimum atomic E-state index is 0.130. The molecule has 1 rings (SSSR count). The molecular formula is C10H21N3O. The molecule has 14 heavy (non-hydrogen) atoms. The molecule has 0 spiro atoms. The van der Waals surface area contributed by atoms with E-state index in [1.165, 1.54) is 12.8 Å². The summed E-state index contributed by atoms with van der Waals surface area (Å²) in [6, 6.07) is 0.654. The van der Waals surface area contributed by atoms with Gasteiger partial charge in [0, 0.05) is 26.1 Å². The van der Waals surface area contributed by atoms with Crippen molar-refractivity contribution in [1.29, 1.82) is 0 Å². The Morgan fingerprint density at radius 3 is 2.71 bits per heavy atom. The van der Waals surface area contributed by atoms with E-state index in [4.69, 9.17) is 0 Å². The molecular weight excluding hydrogens is 178 g/mol. The molecule has 0 unspecified atom stereocenters. The fourth-order valence-electron chi connectivity index (χ4n) is 1.83. The van der Waals surface area contributed by atoms with Gasteiger partial charge in [0.25, 0.3) is 0 Å². The number of nitrogens with zero attached hydrogens (tertiary/aromatic N) is 1. The van der Waals surface area contributed by atoms with Crippen molar-refractivity contribution in [3.63, 3.8) is 0 Å². The lowest BCUT2D eigenvalue weighted by molar-refractivity contribution is -0.121. The molecule has 1 amide bonds. The summed E-state index contributed by atoms with van der Waals surface area (Å²) in [5.74, 6) is 0.130. The van der Waals surface area contributed by atoms with Crippen LogP contribution in [0.3, 0.4) is 0 Å². The Morgan fingerprint density at radius 2 is 2.14 bits per heavy atom. The maximum absolute atomic E-state index is 11.0. The summed E-state index contributed by atoms with van der Waals surface area (Å²) in [7, 11) is 3.80. The third-order valence-electron chi connectivity index (χ3n) is 2.90. The van der Waals surface area contributed by atoms with E-state index >= 15 is 0 Å². The lowest BCUT2D eigenvalue weighted by atomic mass is 10.1. The summed E-state index contributed by atoms with van der Waals surface area (Å²) in [6.45, 7) is 3.08. The second-order valence-electron chi connectivity index (χ2n) is 3.88. The Bertz CT molecular complexity index is 178. The van der Waals surface area contributed by atoms with E-state index in [-0.39, 0.29) is 5.91 Å². The molecule has 0 radical (unpaired) electrons. The van der Waals surface area contributed by atoms with Gasteiger partial charge in [-0.05, 0) is 33.0 Å². The largest absolute Gasteiger partial charge is 0.359 e. The van der Waals surface area contributed by atoms with Crippen LogP contribution in [0.15, 0.2) is 0 Å². The normalized spacial score (nSPS) is 18.5. The van der Waals surface area contributed by atoms with Gasteiger partial charge in [0.2, 0.25) is 5.91 Å². The Balaban J connectivity index is 2.19. The summed E-state index contributed by atoms with van der Waals surface area (Å²) >= 11 is 0. The number of amides is 1. The number of hydrogen-bond acceptors (Lipinski definition) is 3. The van der Waals surface area contributed by atoms with Gasteiger partial charge in [0.15, 0.2) is 0 Å². The molecule has 0 aromatic carbocycles. The highest BCUT2D eigenvalue weighted by atomic mass is 16.1. The summed E-state index contributed by atoms with van der Waals surface area (Å²) in [5.41, 5.74) is 0. The van der Waals surface area contributed by atoms with Gasteiger partial charge in [0.1, 0.15) is 0 Å². The van der Waals surface area contributed by atoms with Crippen molar-refractivity contribution >= 4 is 5.91 Å². The van der Waals surface area contributed by atoms with Crippen LogP contribution in [-0.2, 0) is 4.79 Å². The predicted molar refractivity (Wildman–Crippen MR) is 57.2 cm³/mol. The molecule has 0 bridgehead atoms. The van der Waals surface area contributed by atoms with Gasteiger partial charge in [-0.3, -0.25) is 4.79 Å². The molecule has 0 atom stereocenters. The number of carbonyl (C=O) groups is 1. The summed E-state index contributed by atoms with van der Waals surface area (Å²) in [6.07, 6.45) is 3.01. The van der Waals surface area contributed by atoms with E-state index in [9.17, 15) is 4.79 Å². The minimum absolute atomic E-state index is 0.130. The molecule has 4 nitrogen and oxygen atoms in total. The Hall–Kier alpha value is -0.610. The van der Waals surface area contributed by atoms with Crippen LogP contribution in [-0.4, -0.2) is 50.6 Å². The van der Waals surface area contributed by atoms with Gasteiger partial charge >= 0.3 is 0 Å². The second-order valence-corrected chi connectivity index (χ2v) is 3.88. The standard InChI is InChI=1S/C10H21N3O/c1-11-10(14)5-8-13(2)9-3-6-12-7-4-9/h9,12H,3-8H2,1-2H3,(H,11,14). The van der Waals surface area contributed by atoms with E-state index in [1.807, 2.05) is 0 Å². The zero-order valence-corrected chi connectivity index (χ0v) is 9.18. The van der Waals surface area contributed by atoms with Crippen LogP contribution in [0.25, 0.3) is 0 Å². The molecule has 1 saturated heterocycles. The van der Waals surface area contributed by atoms with Gasteiger partial charge in [-0.2, -0.15) is 0 Å². The molecule has 0 aromatic heterocycles. The van der Waals surface area contributed by atoms with Crippen LogP contribution >= 0.6 is 0 Å². The quantitative estimate of drug-likeness (QED) is 0.659. The first-order valence-corrected chi connectivity index (χ1v) is 5.35. The molecule has 1 fully saturated rings. The highest BCUT2D eigenvalue weighted by molar-refractivity contribution is 5.75. The van der Waals surface area contributed by atoms with Crippen LogP contribution in [0.4, 0.5) is 0 Å². The Labute approximate surface area is 86.0 Å². The van der Waals surface area contributed by atoms with Gasteiger partial charge in [-0.25, -0.2) is 0 Å². The number of nitrogens with one attached hydrogen (secondary N) is 2. The van der Waals surface area contributed by atoms with Crippen LogP contribution < -0.4 is 10.6 Å². The third kappa shape index (κ3) is 3.64. The molecule has 4 heteroatoms. The Morgan fingerprint density at radius 1 is 1.50 bits per heavy atom. The van der Waals surface area contributed by atoms with Crippen molar-refractivity contribution in [2.75, 3.05) is 33.7 Å². The SMILES string of the molecule is CNC(=O)CCN(C)C1CCNCC1. The van der Waals surface area contributed by atoms with Crippen molar-refractivity contribution in [3.05, 3.63) is 0 Å². The van der Waals surface area contributed by atoms with Crippen LogP contribution in [0.1, 0.15) is 19.3 Å². The second kappa shape index (κ2) is 5.98. The minimum Gasteiger partial charge on any atom is -0.359 e. The molecule has 0 aromatic rings. The van der Waals surface area contributed by atoms with E-state index in [0.717, 1.165) is 19.6 Å². The summed E-state index contributed by atoms with van der Waals surface area (Å²) in [5, 5.41) is 5.98. The first-order chi connectivity index (χ1) is 6.74. The fraction of sp³-hybridized carbons (Fsp3) is 0.900. The van der Waals surface area contributed by atoms with Gasteiger partial charge in [-0.15, -0.1) is 0 Å². The van der Waals surface area contributed by atoms with Crippen LogP contribution in [0.5, 0.6) is 0 Å². The van der Waals surface area contributed by atoms with Crippen LogP contribution in [0, 0.1) is 0 Å². The maximum Gasteiger partial charge on any atom is 0.221 e. The number of piperidine rings is 1. The van der Waals surface area contributed by atoms with Crippen molar-refractivity contribution in [3.8, 4) is 0 Å². The highest BCUT2D eigenvalue weighted by Gasteiger charge is 2.17. The highest BCUT2D eigenvalue weighted by Crippen LogP contribution is 2.09. The molecule has 2 N–H and O–H groups in total. The summed E-state index contributed by atoms with van der Waals surface area (Å²) < 4.78 is 0. The fourth-order valence-corrected chi connectivity index (χ4v) is 1.83. The molecule has 82 valence electrons. The third-order valence-corrected chi connectivity index (χ3v) is 2.90. The number of rotatable bonds is 4. The lowest BCUT2D eigenvalue weighted by Gasteiger charge is -2.31. The van der Waals surface area contributed by atoms with Crippen molar-refractivity contribution in [2.45, 2.75) is 25.3 Å². The zero-order valence-electron chi connectivity index (χ0n) is 9.18. The van der Waals surface area contributed by atoms with Crippen LogP contribution in [0.2, 0.25) is 0 Å². The summed E-state index contributed by atoms with van der Waals surface area (Å²) in [4.78, 5) is 13.4. The number of hydrogen-bond donors (Lipinski definition) is 2. The van der Waals surface area contributed by atoms with Gasteiger partial charge < -0.3 is 15.5 Å². The topological polar surface area (TPSA) is 44.4 Å². The van der Waals surface area contributed by atoms with Crippen molar-refractivity contribution in [1.82, 2.24) is 15.5 Å². The first-order valence-electron chi connectivity index (χ1n) is 5.35. The first kappa shape index (κ1) is 11.5. The Kier molecular flexibility index (Phi) is 4.90. The van der Waals surface area contributed by atoms with Crippen molar-refractivity contribution in [2.24, 2.45) is 0 Å². The number of carbonyl (C=O) groups excluding carboxylic acids is 1. The van der Waals surface area contributed by atoms with Gasteiger partial charge in [0.05, 0.1) is 0 Å². The zero-order chi connectivity index (χ0) is 10.4. The monoisotopic (exact) mass is 199 g/mol. The van der Waals surface area contributed by atoms with E-state index < -0.39 is 0 Å². The molecule has 1 aliphatic heterocycles. The lowest BCUT2D eigenvalue weighted by Crippen LogP contribution is -2.42. The average molecular weight is 199 g/mol. The van der Waals surface area contributed by atoms with Gasteiger partial charge in [-0.1, -0.05) is 0 Å². The molecule has 0 aliphatic carbocycles. The smallest absolute Gasteiger partial charge is 0.221 e. The van der Waals surface area contributed by atoms with Crippen molar-refractivity contribution < 1.29 is 4.79 Å². The predicted octanol–water partition coefficient (Wildman–Crippen LogP) is -0.194. The average Bonchev–Trinajstić information content (AvgIpc) is 2.26. The molecule has 1 aliphatic rings. The molecule has 1 heterocycles.